The average Bonchev–Trinajstić information content (AvgIpc) is 3.96. The minimum atomic E-state index is -0.135. The number of aryl methyl sites for hydroxylation is 2. The largest absolute Gasteiger partial charge is 0.455 e. The highest BCUT2D eigenvalue weighted by Crippen LogP contribution is 2.51. The van der Waals surface area contributed by atoms with Crippen molar-refractivity contribution in [3.8, 4) is 11.1 Å². The molecule has 6 heteroatoms. The molecule has 4 nitrogen and oxygen atoms in total. The fourth-order valence-electron chi connectivity index (χ4n) is 11.6. The molecule has 9 aromatic carbocycles. The number of fused-ring (bicyclic) bond motifs is 9. The Kier molecular flexibility index (Phi) is 10.0. The van der Waals surface area contributed by atoms with E-state index in [4.69, 9.17) is 4.42 Å². The molecule has 350 valence electrons. The molecule has 0 saturated carbocycles. The Balaban J connectivity index is 1.05. The predicted molar refractivity (Wildman–Crippen MR) is 310 cm³/mol. The molecule has 0 N–H and O–H groups in total. The van der Waals surface area contributed by atoms with Gasteiger partial charge in [-0.15, -0.1) is 11.3 Å². The molecule has 4 heterocycles. The van der Waals surface area contributed by atoms with Gasteiger partial charge in [0.25, 0.3) is 6.71 Å². The fraction of sp³-hybridized carbons (Fsp3) is 0.152. The third-order valence-electron chi connectivity index (χ3n) is 15.2. The molecular weight excluding hydrogens is 894 g/mol. The summed E-state index contributed by atoms with van der Waals surface area (Å²) in [6, 6.07) is 72.1. The van der Waals surface area contributed by atoms with E-state index in [1.54, 1.807) is 0 Å². The molecule has 0 amide bonds. The summed E-state index contributed by atoms with van der Waals surface area (Å²) in [5.41, 5.74) is 22.4. The van der Waals surface area contributed by atoms with Crippen molar-refractivity contribution in [1.82, 2.24) is 0 Å². The van der Waals surface area contributed by atoms with Gasteiger partial charge in [-0.2, -0.15) is 0 Å². The van der Waals surface area contributed by atoms with E-state index in [1.807, 2.05) is 17.4 Å². The summed E-state index contributed by atoms with van der Waals surface area (Å²) < 4.78 is 7.82. The van der Waals surface area contributed by atoms with E-state index in [2.05, 4.69) is 258 Å². The average molecular weight is 950 g/mol. The Morgan fingerprint density at radius 3 is 1.82 bits per heavy atom. The van der Waals surface area contributed by atoms with E-state index in [1.165, 1.54) is 82.2 Å². The first-order valence-electron chi connectivity index (χ1n) is 25.3. The number of anilines is 9. The number of nitrogens with zero attached hydrogens (tertiary/aromatic N) is 3. The zero-order chi connectivity index (χ0) is 49.2. The molecule has 13 rings (SSSR count). The number of thiophene rings is 1. The normalized spacial score (nSPS) is 13.2. The van der Waals surface area contributed by atoms with Crippen LogP contribution in [0.25, 0.3) is 43.2 Å². The van der Waals surface area contributed by atoms with Crippen molar-refractivity contribution in [3.63, 3.8) is 0 Å². The Bertz CT molecular complexity index is 3910. The summed E-state index contributed by atoms with van der Waals surface area (Å²) in [5.74, 6) is 0. The van der Waals surface area contributed by atoms with Crippen LogP contribution >= 0.6 is 11.3 Å². The lowest BCUT2D eigenvalue weighted by Crippen LogP contribution is -2.61. The molecule has 72 heavy (non-hydrogen) atoms. The second kappa shape index (κ2) is 16.4. The first kappa shape index (κ1) is 44.2. The maximum atomic E-state index is 6.52. The number of furan rings is 1. The molecule has 2 aliphatic rings. The van der Waals surface area contributed by atoms with Crippen LogP contribution in [0.4, 0.5) is 50.5 Å². The number of hydrogen-bond donors (Lipinski definition) is 0. The second-order valence-corrected chi connectivity index (χ2v) is 22.9. The molecule has 2 aromatic heterocycles. The van der Waals surface area contributed by atoms with Crippen LogP contribution in [0.2, 0.25) is 0 Å². The minimum absolute atomic E-state index is 0.0182. The zero-order valence-corrected chi connectivity index (χ0v) is 43.0. The Morgan fingerprint density at radius 1 is 0.486 bits per heavy atom. The third kappa shape index (κ3) is 6.94. The molecule has 0 atom stereocenters. The van der Waals surface area contributed by atoms with Crippen molar-refractivity contribution in [1.29, 1.82) is 0 Å². The van der Waals surface area contributed by atoms with Gasteiger partial charge in [0.05, 0.1) is 10.7 Å². The van der Waals surface area contributed by atoms with Gasteiger partial charge in [0.1, 0.15) is 11.2 Å². The van der Waals surface area contributed by atoms with Crippen LogP contribution < -0.4 is 31.1 Å². The van der Waals surface area contributed by atoms with Gasteiger partial charge in [-0.25, -0.2) is 0 Å². The standard InChI is InChI=1S/C66H56BN3OS/c1-41-18-16-19-42(2)62(41)70-55-40-49(68(46-20-10-9-11-21-46)47-32-28-43(29-33-47)50-24-17-25-52-51-22-12-14-26-58(51)71-63(50)52)36-37-54(55)67-60-53-23-13-15-27-59(53)72-64(60)69(48-34-30-44(31-35-48)65(3,4)5)56-38-45(66(6,7)8)39-57(70)61(56)67/h9-40H,1-8H3. The van der Waals surface area contributed by atoms with E-state index in [-0.39, 0.29) is 17.5 Å². The topological polar surface area (TPSA) is 22.9 Å². The number of rotatable bonds is 6. The van der Waals surface area contributed by atoms with Crippen LogP contribution in [0.15, 0.2) is 199 Å². The monoisotopic (exact) mass is 949 g/mol. The zero-order valence-electron chi connectivity index (χ0n) is 42.2. The lowest BCUT2D eigenvalue weighted by atomic mass is 9.33. The first-order valence-corrected chi connectivity index (χ1v) is 26.1. The van der Waals surface area contributed by atoms with Crippen molar-refractivity contribution in [3.05, 3.63) is 216 Å². The van der Waals surface area contributed by atoms with Crippen molar-refractivity contribution in [2.75, 3.05) is 14.7 Å². The van der Waals surface area contributed by atoms with Crippen LogP contribution in [-0.2, 0) is 10.8 Å². The number of benzene rings is 9. The van der Waals surface area contributed by atoms with Crippen LogP contribution in [-0.4, -0.2) is 6.71 Å². The molecule has 0 spiro atoms. The molecule has 0 aliphatic carbocycles. The molecule has 0 bridgehead atoms. The first-order chi connectivity index (χ1) is 34.8. The van der Waals surface area contributed by atoms with E-state index in [0.29, 0.717) is 0 Å². The summed E-state index contributed by atoms with van der Waals surface area (Å²) in [6.45, 7) is 18.5. The SMILES string of the molecule is Cc1cccc(C)c1N1c2cc(N(c3ccccc3)c3ccc(-c4cccc5c4oc4ccccc45)cc3)ccc2B2c3c(cc(C(C)(C)C)cc31)N(c1ccc(C(C)(C)C)cc1)c1sc3ccccc3c12. The Hall–Kier alpha value is -7.80. The summed E-state index contributed by atoms with van der Waals surface area (Å²) in [6.07, 6.45) is 0. The molecule has 11 aromatic rings. The van der Waals surface area contributed by atoms with Crippen LogP contribution in [0.5, 0.6) is 0 Å². The van der Waals surface area contributed by atoms with Gasteiger partial charge in [-0.1, -0.05) is 163 Å². The van der Waals surface area contributed by atoms with Crippen molar-refractivity contribution < 1.29 is 4.42 Å². The lowest BCUT2D eigenvalue weighted by molar-refractivity contribution is 0.590. The third-order valence-corrected chi connectivity index (χ3v) is 16.4. The molecule has 2 aliphatic heterocycles. The van der Waals surface area contributed by atoms with Crippen LogP contribution in [0, 0.1) is 13.8 Å². The lowest BCUT2D eigenvalue weighted by Gasteiger charge is -2.45. The molecule has 0 saturated heterocycles. The summed E-state index contributed by atoms with van der Waals surface area (Å²) >= 11 is 1.92. The van der Waals surface area contributed by atoms with Gasteiger partial charge in [0.2, 0.25) is 0 Å². The van der Waals surface area contributed by atoms with E-state index in [0.717, 1.165) is 50.1 Å². The maximum Gasteiger partial charge on any atom is 0.254 e. The van der Waals surface area contributed by atoms with Gasteiger partial charge < -0.3 is 19.1 Å². The Morgan fingerprint density at radius 2 is 1.10 bits per heavy atom. The molecule has 0 radical (unpaired) electrons. The molecule has 0 fully saturated rings. The van der Waals surface area contributed by atoms with Gasteiger partial charge in [-0.3, -0.25) is 0 Å². The summed E-state index contributed by atoms with van der Waals surface area (Å²) in [7, 11) is 0. The van der Waals surface area contributed by atoms with Crippen molar-refractivity contribution in [2.45, 2.75) is 66.2 Å². The van der Waals surface area contributed by atoms with E-state index < -0.39 is 0 Å². The predicted octanol–water partition coefficient (Wildman–Crippen LogP) is 17.2. The molecule has 0 unspecified atom stereocenters. The van der Waals surface area contributed by atoms with E-state index >= 15 is 0 Å². The minimum Gasteiger partial charge on any atom is -0.455 e. The highest BCUT2D eigenvalue weighted by Gasteiger charge is 2.46. The van der Waals surface area contributed by atoms with Crippen LogP contribution in [0.3, 0.4) is 0 Å². The van der Waals surface area contributed by atoms with Gasteiger partial charge >= 0.3 is 0 Å². The highest BCUT2D eigenvalue weighted by atomic mass is 32.1. The van der Waals surface area contributed by atoms with Gasteiger partial charge in [-0.05, 0) is 147 Å². The fourth-order valence-corrected chi connectivity index (χ4v) is 12.9. The van der Waals surface area contributed by atoms with Gasteiger partial charge in [0, 0.05) is 60.8 Å². The quantitative estimate of drug-likeness (QED) is 0.155. The maximum absolute atomic E-state index is 6.52. The number of para-hydroxylation sites is 4. The van der Waals surface area contributed by atoms with E-state index in [9.17, 15) is 0 Å². The van der Waals surface area contributed by atoms with Crippen molar-refractivity contribution >= 4 is 117 Å². The second-order valence-electron chi connectivity index (χ2n) is 21.9. The molecular formula is C66H56BN3OS. The van der Waals surface area contributed by atoms with Gasteiger partial charge in [0.15, 0.2) is 0 Å². The Labute approximate surface area is 427 Å². The summed E-state index contributed by atoms with van der Waals surface area (Å²) in [4.78, 5) is 7.63. The highest BCUT2D eigenvalue weighted by molar-refractivity contribution is 7.26. The van der Waals surface area contributed by atoms with Crippen molar-refractivity contribution in [2.24, 2.45) is 0 Å². The smallest absolute Gasteiger partial charge is 0.254 e. The summed E-state index contributed by atoms with van der Waals surface area (Å²) in [5, 5.41) is 4.87. The van der Waals surface area contributed by atoms with Crippen LogP contribution in [0.1, 0.15) is 63.8 Å². The number of hydrogen-bond acceptors (Lipinski definition) is 5.